The molecule has 2 rings (SSSR count). The summed E-state index contributed by atoms with van der Waals surface area (Å²) in [6.45, 7) is 2.04. The number of thiazole rings is 1. The van der Waals surface area contributed by atoms with Crippen LogP contribution in [0, 0.1) is 0 Å². The van der Waals surface area contributed by atoms with Crippen molar-refractivity contribution < 1.29 is 9.53 Å². The Kier molecular flexibility index (Phi) is 4.54. The zero-order valence-corrected chi connectivity index (χ0v) is 11.6. The lowest BCUT2D eigenvalue weighted by atomic mass is 10.0. The summed E-state index contributed by atoms with van der Waals surface area (Å²) >= 11 is 1.34. The molecule has 2 heterocycles. The summed E-state index contributed by atoms with van der Waals surface area (Å²) in [7, 11) is 3.54. The Morgan fingerprint density at radius 3 is 3.22 bits per heavy atom. The number of nitrogens with one attached hydrogen (secondary N) is 1. The van der Waals surface area contributed by atoms with E-state index >= 15 is 0 Å². The van der Waals surface area contributed by atoms with E-state index in [0.717, 1.165) is 18.2 Å². The molecule has 18 heavy (non-hydrogen) atoms. The Labute approximate surface area is 111 Å². The van der Waals surface area contributed by atoms with Crippen LogP contribution in [0.2, 0.25) is 0 Å². The molecule has 1 aromatic heterocycles. The number of piperidine rings is 1. The maximum atomic E-state index is 11.3. The molecule has 0 radical (unpaired) electrons. The molecule has 0 aliphatic carbocycles. The summed E-state index contributed by atoms with van der Waals surface area (Å²) in [6.07, 6.45) is 5.36. The molecule has 0 spiro atoms. The third kappa shape index (κ3) is 3.20. The van der Waals surface area contributed by atoms with Gasteiger partial charge in [0.2, 0.25) is 0 Å². The number of aromatic nitrogens is 1. The number of carbonyl (C=O) groups is 1. The Hall–Kier alpha value is -1.14. The Bertz CT molecular complexity index is 408. The fourth-order valence-electron chi connectivity index (χ4n) is 2.16. The second kappa shape index (κ2) is 6.15. The van der Waals surface area contributed by atoms with Crippen LogP contribution in [-0.2, 0) is 4.74 Å². The Balaban J connectivity index is 1.86. The van der Waals surface area contributed by atoms with E-state index in [2.05, 4.69) is 27.0 Å². The van der Waals surface area contributed by atoms with E-state index in [-0.39, 0.29) is 5.97 Å². The number of anilines is 1. The highest BCUT2D eigenvalue weighted by atomic mass is 32.1. The molecule has 1 N–H and O–H groups in total. The maximum absolute atomic E-state index is 11.3. The number of rotatable bonds is 4. The minimum absolute atomic E-state index is 0.324. The number of likely N-dealkylation sites (tertiary alicyclic amines) is 1. The number of carbonyl (C=O) groups excluding carboxylic acids is 1. The van der Waals surface area contributed by atoms with Crippen LogP contribution in [0.3, 0.4) is 0 Å². The van der Waals surface area contributed by atoms with E-state index in [1.54, 1.807) is 6.20 Å². The van der Waals surface area contributed by atoms with Crippen molar-refractivity contribution in [1.82, 2.24) is 9.88 Å². The molecule has 5 nitrogen and oxygen atoms in total. The van der Waals surface area contributed by atoms with E-state index in [0.29, 0.717) is 10.9 Å². The van der Waals surface area contributed by atoms with Gasteiger partial charge in [0.15, 0.2) is 5.13 Å². The molecular formula is C12H19N3O2S. The maximum Gasteiger partial charge on any atom is 0.349 e. The summed E-state index contributed by atoms with van der Waals surface area (Å²) in [6, 6.07) is 0.559. The van der Waals surface area contributed by atoms with Crippen LogP contribution in [0.25, 0.3) is 0 Å². The summed E-state index contributed by atoms with van der Waals surface area (Å²) in [5.74, 6) is -0.324. The van der Waals surface area contributed by atoms with Crippen LogP contribution < -0.4 is 5.32 Å². The van der Waals surface area contributed by atoms with Gasteiger partial charge in [-0.3, -0.25) is 0 Å². The lowest BCUT2D eigenvalue weighted by molar-refractivity contribution is 0.0606. The molecule has 1 atom stereocenters. The average molecular weight is 269 g/mol. The fourth-order valence-corrected chi connectivity index (χ4v) is 2.90. The molecule has 0 aromatic carbocycles. The average Bonchev–Trinajstić information content (AvgIpc) is 2.86. The van der Waals surface area contributed by atoms with Gasteiger partial charge in [0.1, 0.15) is 4.88 Å². The first kappa shape index (κ1) is 13.3. The summed E-state index contributed by atoms with van der Waals surface area (Å²) in [5.41, 5.74) is 0. The molecule has 0 amide bonds. The van der Waals surface area contributed by atoms with Crippen LogP contribution in [0.1, 0.15) is 28.9 Å². The molecular weight excluding hydrogens is 250 g/mol. The van der Waals surface area contributed by atoms with Gasteiger partial charge in [0, 0.05) is 12.6 Å². The predicted molar refractivity (Wildman–Crippen MR) is 72.2 cm³/mol. The van der Waals surface area contributed by atoms with Gasteiger partial charge >= 0.3 is 5.97 Å². The van der Waals surface area contributed by atoms with Gasteiger partial charge in [-0.15, -0.1) is 0 Å². The highest BCUT2D eigenvalue weighted by molar-refractivity contribution is 7.17. The first-order chi connectivity index (χ1) is 8.70. The molecule has 1 unspecified atom stereocenters. The van der Waals surface area contributed by atoms with Gasteiger partial charge in [-0.25, -0.2) is 9.78 Å². The molecule has 100 valence electrons. The Morgan fingerprint density at radius 1 is 1.67 bits per heavy atom. The highest BCUT2D eigenvalue weighted by Crippen LogP contribution is 2.20. The van der Waals surface area contributed by atoms with Crippen LogP contribution in [-0.4, -0.2) is 49.1 Å². The molecule has 1 aliphatic rings. The molecule has 0 bridgehead atoms. The summed E-state index contributed by atoms with van der Waals surface area (Å²) in [5, 5.41) is 4.09. The van der Waals surface area contributed by atoms with E-state index in [4.69, 9.17) is 0 Å². The van der Waals surface area contributed by atoms with Gasteiger partial charge in [0.25, 0.3) is 0 Å². The third-order valence-corrected chi connectivity index (χ3v) is 4.24. The fraction of sp³-hybridized carbons (Fsp3) is 0.667. The molecule has 0 saturated carbocycles. The highest BCUT2D eigenvalue weighted by Gasteiger charge is 2.19. The van der Waals surface area contributed by atoms with Crippen molar-refractivity contribution in [2.75, 3.05) is 32.6 Å². The quantitative estimate of drug-likeness (QED) is 0.845. The van der Waals surface area contributed by atoms with Crippen LogP contribution >= 0.6 is 11.3 Å². The van der Waals surface area contributed by atoms with Gasteiger partial charge in [-0.1, -0.05) is 17.8 Å². The van der Waals surface area contributed by atoms with Crippen LogP contribution in [0.15, 0.2) is 6.20 Å². The van der Waals surface area contributed by atoms with E-state index in [9.17, 15) is 4.79 Å². The molecule has 1 aromatic rings. The summed E-state index contributed by atoms with van der Waals surface area (Å²) in [4.78, 5) is 18.4. The number of nitrogens with zero attached hydrogens (tertiary/aromatic N) is 2. The summed E-state index contributed by atoms with van der Waals surface area (Å²) < 4.78 is 4.66. The smallest absolute Gasteiger partial charge is 0.349 e. The zero-order chi connectivity index (χ0) is 13.0. The van der Waals surface area contributed by atoms with Crippen molar-refractivity contribution in [1.29, 1.82) is 0 Å². The number of methoxy groups -OCH3 is 1. The standard InChI is InChI=1S/C12H19N3O2S/c1-15-6-4-3-5-9(15)7-13-12-14-8-10(18-12)11(16)17-2/h8-9H,3-7H2,1-2H3,(H,13,14). The largest absolute Gasteiger partial charge is 0.465 e. The first-order valence-electron chi connectivity index (χ1n) is 6.19. The van der Waals surface area contributed by atoms with Gasteiger partial charge < -0.3 is 15.0 Å². The predicted octanol–water partition coefficient (Wildman–Crippen LogP) is 1.83. The van der Waals surface area contributed by atoms with E-state index in [1.165, 1.54) is 37.7 Å². The number of esters is 1. The van der Waals surface area contributed by atoms with E-state index in [1.807, 2.05) is 0 Å². The number of hydrogen-bond donors (Lipinski definition) is 1. The van der Waals surface area contributed by atoms with Crippen molar-refractivity contribution in [2.45, 2.75) is 25.3 Å². The second-order valence-corrected chi connectivity index (χ2v) is 5.56. The zero-order valence-electron chi connectivity index (χ0n) is 10.8. The first-order valence-corrected chi connectivity index (χ1v) is 7.00. The van der Waals surface area contributed by atoms with E-state index < -0.39 is 0 Å². The Morgan fingerprint density at radius 2 is 2.50 bits per heavy atom. The molecule has 1 saturated heterocycles. The topological polar surface area (TPSA) is 54.5 Å². The van der Waals surface area contributed by atoms with Crippen molar-refractivity contribution in [2.24, 2.45) is 0 Å². The van der Waals surface area contributed by atoms with Gasteiger partial charge in [0.05, 0.1) is 13.3 Å². The minimum atomic E-state index is -0.324. The third-order valence-electron chi connectivity index (χ3n) is 3.30. The lowest BCUT2D eigenvalue weighted by Crippen LogP contribution is -2.40. The van der Waals surface area contributed by atoms with Crippen LogP contribution in [0.5, 0.6) is 0 Å². The molecule has 1 fully saturated rings. The monoisotopic (exact) mass is 269 g/mol. The van der Waals surface area contributed by atoms with Crippen molar-refractivity contribution >= 4 is 22.4 Å². The van der Waals surface area contributed by atoms with Gasteiger partial charge in [-0.2, -0.15) is 0 Å². The SMILES string of the molecule is COC(=O)c1cnc(NCC2CCCCN2C)s1. The van der Waals surface area contributed by atoms with Crippen molar-refractivity contribution in [3.63, 3.8) is 0 Å². The van der Waals surface area contributed by atoms with Crippen LogP contribution in [0.4, 0.5) is 5.13 Å². The minimum Gasteiger partial charge on any atom is -0.465 e. The number of likely N-dealkylation sites (N-methyl/N-ethyl adjacent to an activating group) is 1. The molecule has 6 heteroatoms. The molecule has 1 aliphatic heterocycles. The number of hydrogen-bond acceptors (Lipinski definition) is 6. The number of ether oxygens (including phenoxy) is 1. The van der Waals surface area contributed by atoms with Crippen molar-refractivity contribution in [3.8, 4) is 0 Å². The second-order valence-electron chi connectivity index (χ2n) is 4.53. The lowest BCUT2D eigenvalue weighted by Gasteiger charge is -2.32. The van der Waals surface area contributed by atoms with Crippen molar-refractivity contribution in [3.05, 3.63) is 11.1 Å². The normalized spacial score (nSPS) is 20.7. The van der Waals surface area contributed by atoms with Gasteiger partial charge in [-0.05, 0) is 26.4 Å².